The van der Waals surface area contributed by atoms with Crippen LogP contribution in [0.2, 0.25) is 0 Å². The van der Waals surface area contributed by atoms with E-state index in [2.05, 4.69) is 0 Å². The average Bonchev–Trinajstić information content (AvgIpc) is 3.25. The third-order valence-electron chi connectivity index (χ3n) is 4.30. The maximum absolute atomic E-state index is 13.3. The molecule has 30 heavy (non-hydrogen) atoms. The Kier molecular flexibility index (Phi) is 6.18. The molecule has 0 spiro atoms. The molecule has 2 aromatic carbocycles. The summed E-state index contributed by atoms with van der Waals surface area (Å²) in [6.45, 7) is 0. The number of furan rings is 1. The van der Waals surface area contributed by atoms with Crippen molar-refractivity contribution in [2.24, 2.45) is 0 Å². The van der Waals surface area contributed by atoms with Crippen molar-refractivity contribution < 1.29 is 26.2 Å². The average molecular weight is 447 g/mol. The van der Waals surface area contributed by atoms with Crippen LogP contribution in [0, 0.1) is 10.1 Å². The molecule has 0 aliphatic rings. The second-order valence-corrected chi connectivity index (χ2v) is 10.8. The Hall–Kier alpha value is -3.24. The van der Waals surface area contributed by atoms with Crippen molar-refractivity contribution >= 4 is 25.8 Å². The molecule has 0 atom stereocenters. The Morgan fingerprint density at radius 3 is 1.77 bits per heavy atom. The number of sulfone groups is 2. The van der Waals surface area contributed by atoms with E-state index in [1.807, 2.05) is 0 Å². The molecule has 0 unspecified atom stereocenters. The molecule has 0 radical (unpaired) electrons. The highest BCUT2D eigenvalue weighted by Crippen LogP contribution is 2.30. The van der Waals surface area contributed by atoms with Crippen LogP contribution in [0.15, 0.2) is 99.0 Å². The summed E-state index contributed by atoms with van der Waals surface area (Å²) in [6, 6.07) is 16.9. The summed E-state index contributed by atoms with van der Waals surface area (Å²) in [7, 11) is -8.96. The zero-order valence-corrected chi connectivity index (χ0v) is 17.1. The van der Waals surface area contributed by atoms with Gasteiger partial charge in [0.15, 0.2) is 24.3 Å². The highest BCUT2D eigenvalue weighted by Gasteiger charge is 2.42. The van der Waals surface area contributed by atoms with Gasteiger partial charge >= 0.3 is 0 Å². The van der Waals surface area contributed by atoms with Crippen LogP contribution in [-0.2, 0) is 19.7 Å². The molecule has 0 saturated heterocycles. The first-order chi connectivity index (χ1) is 14.2. The van der Waals surface area contributed by atoms with Gasteiger partial charge in [-0.3, -0.25) is 10.1 Å². The smallest absolute Gasteiger partial charge is 0.252 e. The topological polar surface area (TPSA) is 125 Å². The van der Waals surface area contributed by atoms with E-state index in [1.165, 1.54) is 66.9 Å². The Labute approximate surface area is 173 Å². The normalized spacial score (nSPS) is 12.8. The van der Waals surface area contributed by atoms with Crippen LogP contribution in [0.1, 0.15) is 12.2 Å². The lowest BCUT2D eigenvalue weighted by molar-refractivity contribution is -0.426. The van der Waals surface area contributed by atoms with Gasteiger partial charge in [-0.15, -0.1) is 0 Å². The molecule has 0 aliphatic carbocycles. The molecule has 156 valence electrons. The molecule has 1 heterocycles. The zero-order chi connectivity index (χ0) is 21.8. The monoisotopic (exact) mass is 447 g/mol. The standard InChI is InChI=1S/C20H17NO7S2/c22-21(23)16(14-17-8-7-13-28-17)15-20(29(24,25)18-9-3-1-4-10-18)30(26,27)19-11-5-2-6-12-19/h1-14,20H,15H2/b16-14-. The molecule has 0 aliphatic heterocycles. The summed E-state index contributed by atoms with van der Waals surface area (Å²) >= 11 is 0. The van der Waals surface area contributed by atoms with Crippen LogP contribution in [0.25, 0.3) is 6.08 Å². The summed E-state index contributed by atoms with van der Waals surface area (Å²) in [5, 5.41) is 11.6. The predicted molar refractivity (Wildman–Crippen MR) is 109 cm³/mol. The molecule has 10 heteroatoms. The number of rotatable bonds is 8. The fraction of sp³-hybridized carbons (Fsp3) is 0.100. The molecule has 0 saturated carbocycles. The van der Waals surface area contributed by atoms with Crippen molar-refractivity contribution in [3.05, 3.63) is 101 Å². The van der Waals surface area contributed by atoms with E-state index in [0.29, 0.717) is 0 Å². The minimum absolute atomic E-state index is 0.106. The largest absolute Gasteiger partial charge is 0.465 e. The molecule has 0 N–H and O–H groups in total. The number of allylic oxidation sites excluding steroid dienone is 1. The van der Waals surface area contributed by atoms with E-state index < -0.39 is 41.3 Å². The fourth-order valence-corrected chi connectivity index (χ4v) is 7.27. The lowest BCUT2D eigenvalue weighted by Crippen LogP contribution is -2.32. The molecular weight excluding hydrogens is 430 g/mol. The van der Waals surface area contributed by atoms with Gasteiger partial charge in [-0.2, -0.15) is 0 Å². The van der Waals surface area contributed by atoms with Crippen molar-refractivity contribution in [1.29, 1.82) is 0 Å². The first-order valence-electron chi connectivity index (χ1n) is 8.69. The van der Waals surface area contributed by atoms with Crippen LogP contribution in [0.5, 0.6) is 0 Å². The third-order valence-corrected chi connectivity index (χ3v) is 9.39. The summed E-state index contributed by atoms with van der Waals surface area (Å²) in [5.74, 6) is 0.106. The molecule has 0 amide bonds. The first kappa shape index (κ1) is 21.5. The van der Waals surface area contributed by atoms with Crippen LogP contribution in [-0.4, -0.2) is 26.3 Å². The number of nitrogens with zero attached hydrogens (tertiary/aromatic N) is 1. The maximum atomic E-state index is 13.3. The Balaban J connectivity index is 2.16. The highest BCUT2D eigenvalue weighted by molar-refractivity contribution is 8.09. The van der Waals surface area contributed by atoms with Gasteiger partial charge in [-0.25, -0.2) is 16.8 Å². The van der Waals surface area contributed by atoms with Crippen LogP contribution >= 0.6 is 0 Å². The third kappa shape index (κ3) is 4.50. The van der Waals surface area contributed by atoms with E-state index in [9.17, 15) is 26.9 Å². The molecule has 1 aromatic heterocycles. The van der Waals surface area contributed by atoms with Crippen LogP contribution in [0.3, 0.4) is 0 Å². The van der Waals surface area contributed by atoms with Crippen LogP contribution in [0.4, 0.5) is 0 Å². The van der Waals surface area contributed by atoms with Gasteiger partial charge in [0.1, 0.15) is 5.76 Å². The molecule has 3 rings (SSSR count). The van der Waals surface area contributed by atoms with E-state index in [4.69, 9.17) is 4.42 Å². The minimum Gasteiger partial charge on any atom is -0.465 e. The number of hydrogen-bond acceptors (Lipinski definition) is 7. The second kappa shape index (κ2) is 8.64. The summed E-state index contributed by atoms with van der Waals surface area (Å²) in [5.41, 5.74) is -0.603. The van der Waals surface area contributed by atoms with E-state index >= 15 is 0 Å². The molecule has 8 nitrogen and oxygen atoms in total. The Bertz CT molecular complexity index is 1180. The number of hydrogen-bond donors (Lipinski definition) is 0. The van der Waals surface area contributed by atoms with E-state index in [0.717, 1.165) is 6.08 Å². The van der Waals surface area contributed by atoms with E-state index in [-0.39, 0.29) is 15.6 Å². The van der Waals surface area contributed by atoms with Gasteiger partial charge in [-0.05, 0) is 36.4 Å². The summed E-state index contributed by atoms with van der Waals surface area (Å²) in [4.78, 5) is 10.3. The van der Waals surface area contributed by atoms with Gasteiger partial charge in [0.25, 0.3) is 5.70 Å². The van der Waals surface area contributed by atoms with Crippen molar-refractivity contribution in [2.45, 2.75) is 20.8 Å². The zero-order valence-electron chi connectivity index (χ0n) is 15.5. The summed E-state index contributed by atoms with van der Waals surface area (Å²) in [6.07, 6.45) is 1.46. The predicted octanol–water partition coefficient (Wildman–Crippen LogP) is 3.56. The fourth-order valence-electron chi connectivity index (χ4n) is 2.80. The SMILES string of the molecule is O=[N+]([O-])/C(=C\c1ccco1)CC(S(=O)(=O)c1ccccc1)S(=O)(=O)c1ccccc1. The summed E-state index contributed by atoms with van der Waals surface area (Å²) < 4.78 is 56.0. The quantitative estimate of drug-likeness (QED) is 0.382. The van der Waals surface area contributed by atoms with Crippen LogP contribution < -0.4 is 0 Å². The van der Waals surface area contributed by atoms with Gasteiger partial charge in [0, 0.05) is 0 Å². The van der Waals surface area contributed by atoms with Crippen molar-refractivity contribution in [1.82, 2.24) is 0 Å². The molecule has 0 bridgehead atoms. The lowest BCUT2D eigenvalue weighted by Gasteiger charge is -2.17. The van der Waals surface area contributed by atoms with Gasteiger partial charge in [0.2, 0.25) is 0 Å². The number of nitro groups is 1. The van der Waals surface area contributed by atoms with Crippen molar-refractivity contribution in [3.8, 4) is 0 Å². The van der Waals surface area contributed by atoms with Gasteiger partial charge < -0.3 is 4.42 Å². The number of benzene rings is 2. The minimum atomic E-state index is -4.48. The lowest BCUT2D eigenvalue weighted by atomic mass is 10.3. The van der Waals surface area contributed by atoms with Crippen molar-refractivity contribution in [3.63, 3.8) is 0 Å². The van der Waals surface area contributed by atoms with E-state index in [1.54, 1.807) is 12.1 Å². The highest BCUT2D eigenvalue weighted by atomic mass is 32.3. The molecular formula is C20H17NO7S2. The van der Waals surface area contributed by atoms with Crippen molar-refractivity contribution in [2.75, 3.05) is 0 Å². The van der Waals surface area contributed by atoms with Gasteiger partial charge in [0.05, 0.1) is 33.5 Å². The molecule has 3 aromatic rings. The first-order valence-corrected chi connectivity index (χ1v) is 11.8. The van der Waals surface area contributed by atoms with Gasteiger partial charge in [-0.1, -0.05) is 36.4 Å². The molecule has 0 fully saturated rings. The second-order valence-electron chi connectivity index (χ2n) is 6.26. The maximum Gasteiger partial charge on any atom is 0.252 e. The Morgan fingerprint density at radius 1 is 0.867 bits per heavy atom. The Morgan fingerprint density at radius 2 is 1.37 bits per heavy atom.